The Morgan fingerprint density at radius 1 is 1.61 bits per heavy atom. The van der Waals surface area contributed by atoms with Gasteiger partial charge in [-0.05, 0) is 31.4 Å². The molecular weight excluding hydrogens is 228 g/mol. The highest BCUT2D eigenvalue weighted by atomic mass is 16.7. The van der Waals surface area contributed by atoms with Crippen LogP contribution in [0.25, 0.3) is 0 Å². The van der Waals surface area contributed by atoms with Crippen LogP contribution in [0.1, 0.15) is 12.8 Å². The first-order valence-electron chi connectivity index (χ1n) is 6.66. The van der Waals surface area contributed by atoms with Gasteiger partial charge in [-0.15, -0.1) is 6.58 Å². The van der Waals surface area contributed by atoms with Crippen LogP contribution in [0.4, 0.5) is 0 Å². The van der Waals surface area contributed by atoms with Crippen molar-refractivity contribution >= 4 is 0 Å². The van der Waals surface area contributed by atoms with Gasteiger partial charge >= 0.3 is 0 Å². The van der Waals surface area contributed by atoms with Gasteiger partial charge in [0.15, 0.2) is 0 Å². The summed E-state index contributed by atoms with van der Waals surface area (Å²) in [6, 6.07) is 0.454. The largest absolute Gasteiger partial charge is 0.394 e. The summed E-state index contributed by atoms with van der Waals surface area (Å²) in [6.45, 7) is 5.31. The molecule has 2 rings (SSSR count). The molecule has 1 heterocycles. The zero-order chi connectivity index (χ0) is 13.1. The Morgan fingerprint density at radius 2 is 2.33 bits per heavy atom. The lowest BCUT2D eigenvalue weighted by Crippen LogP contribution is -2.50. The minimum atomic E-state index is 0.157. The molecule has 0 aromatic carbocycles. The Bertz CT molecular complexity index is 326. The molecule has 0 aromatic rings. The van der Waals surface area contributed by atoms with E-state index in [1.807, 2.05) is 12.1 Å². The topological polar surface area (TPSA) is 35.9 Å². The van der Waals surface area contributed by atoms with E-state index in [2.05, 4.69) is 24.6 Å². The maximum Gasteiger partial charge on any atom is 0.0864 e. The number of rotatable bonds is 6. The van der Waals surface area contributed by atoms with E-state index in [4.69, 9.17) is 4.84 Å². The zero-order valence-corrected chi connectivity index (χ0v) is 11.4. The molecule has 0 spiro atoms. The van der Waals surface area contributed by atoms with Crippen LogP contribution < -0.4 is 0 Å². The van der Waals surface area contributed by atoms with Crippen molar-refractivity contribution in [2.45, 2.75) is 24.9 Å². The summed E-state index contributed by atoms with van der Waals surface area (Å²) in [5.41, 5.74) is 1.44. The van der Waals surface area contributed by atoms with Crippen molar-refractivity contribution in [3.8, 4) is 0 Å². The molecule has 1 aliphatic carbocycles. The van der Waals surface area contributed by atoms with Crippen molar-refractivity contribution in [2.75, 3.05) is 33.9 Å². The SMILES string of the molecule is C=CCON(C)[C@H]1CN(C)[C@H](CO)C=C1C1CC1. The van der Waals surface area contributed by atoms with E-state index < -0.39 is 0 Å². The third-order valence-corrected chi connectivity index (χ3v) is 3.87. The molecule has 4 heteroatoms. The maximum atomic E-state index is 9.40. The smallest absolute Gasteiger partial charge is 0.0864 e. The maximum absolute atomic E-state index is 9.40. The fraction of sp³-hybridized carbons (Fsp3) is 0.714. The van der Waals surface area contributed by atoms with Gasteiger partial charge in [0, 0.05) is 13.6 Å². The van der Waals surface area contributed by atoms with Crippen LogP contribution in [0, 0.1) is 5.92 Å². The molecule has 2 atom stereocenters. The zero-order valence-electron chi connectivity index (χ0n) is 11.4. The molecule has 102 valence electrons. The van der Waals surface area contributed by atoms with Crippen LogP contribution in [0.5, 0.6) is 0 Å². The average molecular weight is 252 g/mol. The lowest BCUT2D eigenvalue weighted by molar-refractivity contribution is -0.155. The third kappa shape index (κ3) is 3.01. The number of hydrogen-bond donors (Lipinski definition) is 1. The molecule has 1 fully saturated rings. The second kappa shape index (κ2) is 5.97. The molecule has 0 amide bonds. The van der Waals surface area contributed by atoms with Crippen molar-refractivity contribution in [3.63, 3.8) is 0 Å². The summed E-state index contributed by atoms with van der Waals surface area (Å²) in [5, 5.41) is 11.3. The van der Waals surface area contributed by atoms with E-state index in [9.17, 15) is 5.11 Å². The van der Waals surface area contributed by atoms with Gasteiger partial charge in [0.2, 0.25) is 0 Å². The Labute approximate surface area is 109 Å². The number of hydrogen-bond acceptors (Lipinski definition) is 4. The minimum absolute atomic E-state index is 0.157. The normalized spacial score (nSPS) is 29.4. The lowest BCUT2D eigenvalue weighted by Gasteiger charge is -2.39. The number of hydroxylamine groups is 2. The van der Waals surface area contributed by atoms with Gasteiger partial charge in [-0.3, -0.25) is 9.74 Å². The molecule has 1 aliphatic heterocycles. The molecule has 1 saturated carbocycles. The summed E-state index contributed by atoms with van der Waals surface area (Å²) in [7, 11) is 4.03. The number of aliphatic hydroxyl groups excluding tert-OH is 1. The second-order valence-corrected chi connectivity index (χ2v) is 5.28. The second-order valence-electron chi connectivity index (χ2n) is 5.28. The van der Waals surface area contributed by atoms with Crippen molar-refractivity contribution in [2.24, 2.45) is 5.92 Å². The Hall–Kier alpha value is -0.680. The first-order valence-corrected chi connectivity index (χ1v) is 6.66. The summed E-state index contributed by atoms with van der Waals surface area (Å²) in [4.78, 5) is 7.83. The molecule has 0 saturated heterocycles. The van der Waals surface area contributed by atoms with Gasteiger partial charge in [0.1, 0.15) is 0 Å². The number of likely N-dealkylation sites (N-methyl/N-ethyl adjacent to an activating group) is 2. The predicted molar refractivity (Wildman–Crippen MR) is 72.0 cm³/mol. The number of aliphatic hydroxyl groups is 1. The first kappa shape index (κ1) is 13.7. The van der Waals surface area contributed by atoms with Gasteiger partial charge in [-0.2, -0.15) is 5.06 Å². The number of nitrogens with zero attached hydrogens (tertiary/aromatic N) is 2. The van der Waals surface area contributed by atoms with Crippen molar-refractivity contribution in [3.05, 3.63) is 24.3 Å². The summed E-state index contributed by atoms with van der Waals surface area (Å²) >= 11 is 0. The van der Waals surface area contributed by atoms with Gasteiger partial charge in [-0.25, -0.2) is 0 Å². The summed E-state index contributed by atoms with van der Waals surface area (Å²) in [5.74, 6) is 0.701. The standard InChI is InChI=1S/C14H24N2O2/c1-4-7-18-16(3)14-9-15(2)12(10-17)8-13(14)11-5-6-11/h4,8,11-12,14,17H,1,5-7,9-10H2,2-3H3/t12-,14-/m0/s1. The molecule has 0 radical (unpaired) electrons. The molecule has 0 unspecified atom stereocenters. The third-order valence-electron chi connectivity index (χ3n) is 3.87. The van der Waals surface area contributed by atoms with E-state index in [0.717, 1.165) is 6.54 Å². The molecule has 2 aliphatic rings. The highest BCUT2D eigenvalue weighted by molar-refractivity contribution is 5.24. The van der Waals surface area contributed by atoms with Crippen LogP contribution in [0.2, 0.25) is 0 Å². The van der Waals surface area contributed by atoms with E-state index in [0.29, 0.717) is 18.6 Å². The van der Waals surface area contributed by atoms with E-state index in [1.54, 1.807) is 6.08 Å². The molecule has 18 heavy (non-hydrogen) atoms. The molecule has 0 bridgehead atoms. The van der Waals surface area contributed by atoms with Gasteiger partial charge in [-0.1, -0.05) is 12.2 Å². The van der Waals surface area contributed by atoms with Crippen LogP contribution >= 0.6 is 0 Å². The van der Waals surface area contributed by atoms with Crippen LogP contribution in [0.3, 0.4) is 0 Å². The molecule has 0 aromatic heterocycles. The van der Waals surface area contributed by atoms with Crippen LogP contribution in [-0.4, -0.2) is 61.0 Å². The summed E-state index contributed by atoms with van der Waals surface area (Å²) in [6.07, 6.45) is 6.55. The Kier molecular flexibility index (Phi) is 4.56. The van der Waals surface area contributed by atoms with E-state index in [1.165, 1.54) is 18.4 Å². The van der Waals surface area contributed by atoms with Gasteiger partial charge in [0.05, 0.1) is 25.3 Å². The highest BCUT2D eigenvalue weighted by Gasteiger charge is 2.37. The fourth-order valence-electron chi connectivity index (χ4n) is 2.58. The lowest BCUT2D eigenvalue weighted by atomic mass is 9.94. The minimum Gasteiger partial charge on any atom is -0.394 e. The van der Waals surface area contributed by atoms with Crippen molar-refractivity contribution in [1.29, 1.82) is 0 Å². The molecule has 1 N–H and O–H groups in total. The van der Waals surface area contributed by atoms with E-state index in [-0.39, 0.29) is 12.6 Å². The Morgan fingerprint density at radius 3 is 2.89 bits per heavy atom. The molecular formula is C14H24N2O2. The monoisotopic (exact) mass is 252 g/mol. The quantitative estimate of drug-likeness (QED) is 0.566. The highest BCUT2D eigenvalue weighted by Crippen LogP contribution is 2.41. The Balaban J connectivity index is 2.09. The molecule has 4 nitrogen and oxygen atoms in total. The first-order chi connectivity index (χ1) is 8.67. The van der Waals surface area contributed by atoms with E-state index >= 15 is 0 Å². The summed E-state index contributed by atoms with van der Waals surface area (Å²) < 4.78 is 0. The van der Waals surface area contributed by atoms with Crippen molar-refractivity contribution < 1.29 is 9.94 Å². The van der Waals surface area contributed by atoms with Crippen LogP contribution in [0.15, 0.2) is 24.3 Å². The van der Waals surface area contributed by atoms with Gasteiger partial charge in [0.25, 0.3) is 0 Å². The van der Waals surface area contributed by atoms with Gasteiger partial charge < -0.3 is 5.11 Å². The fourth-order valence-corrected chi connectivity index (χ4v) is 2.58. The predicted octanol–water partition coefficient (Wildman–Crippen LogP) is 1.05. The average Bonchev–Trinajstić information content (AvgIpc) is 3.19. The van der Waals surface area contributed by atoms with Crippen LogP contribution in [-0.2, 0) is 4.84 Å². The van der Waals surface area contributed by atoms with Crippen molar-refractivity contribution in [1.82, 2.24) is 9.96 Å².